The summed E-state index contributed by atoms with van der Waals surface area (Å²) in [5, 5.41) is 0. The average molecular weight is 268 g/mol. The van der Waals surface area contributed by atoms with Crippen LogP contribution in [0.2, 0.25) is 0 Å². The second kappa shape index (κ2) is 6.92. The van der Waals surface area contributed by atoms with Crippen molar-refractivity contribution in [2.24, 2.45) is 5.92 Å². The van der Waals surface area contributed by atoms with Crippen molar-refractivity contribution < 1.29 is 19.1 Å². The van der Waals surface area contributed by atoms with Gasteiger partial charge in [0.15, 0.2) is 0 Å². The molecule has 108 valence electrons. The molecule has 0 aromatic rings. The van der Waals surface area contributed by atoms with Crippen molar-refractivity contribution in [3.8, 4) is 0 Å². The molecular weight excluding hydrogens is 244 g/mol. The van der Waals surface area contributed by atoms with Crippen molar-refractivity contribution in [2.45, 2.75) is 76.9 Å². The Labute approximate surface area is 114 Å². The highest BCUT2D eigenvalue weighted by molar-refractivity contribution is 5.73. The summed E-state index contributed by atoms with van der Waals surface area (Å²) in [5.74, 6) is -0.0685. The van der Waals surface area contributed by atoms with Crippen molar-refractivity contribution >= 4 is 11.9 Å². The van der Waals surface area contributed by atoms with Gasteiger partial charge in [0.05, 0.1) is 5.92 Å². The van der Waals surface area contributed by atoms with E-state index in [-0.39, 0.29) is 30.1 Å². The molecule has 0 N–H and O–H groups in total. The summed E-state index contributed by atoms with van der Waals surface area (Å²) in [7, 11) is 0. The molecule has 19 heavy (non-hydrogen) atoms. The van der Waals surface area contributed by atoms with Crippen LogP contribution in [0.3, 0.4) is 0 Å². The molecular formula is C15H24O4. The van der Waals surface area contributed by atoms with Crippen LogP contribution in [0, 0.1) is 5.92 Å². The second-order valence-electron chi connectivity index (χ2n) is 5.82. The van der Waals surface area contributed by atoms with E-state index in [9.17, 15) is 9.59 Å². The van der Waals surface area contributed by atoms with Crippen LogP contribution >= 0.6 is 0 Å². The predicted molar refractivity (Wildman–Crippen MR) is 70.5 cm³/mol. The quantitative estimate of drug-likeness (QED) is 0.722. The van der Waals surface area contributed by atoms with Gasteiger partial charge in [-0.3, -0.25) is 9.59 Å². The van der Waals surface area contributed by atoms with Crippen molar-refractivity contribution in [3.05, 3.63) is 0 Å². The number of esters is 2. The van der Waals surface area contributed by atoms with Crippen LogP contribution in [-0.2, 0) is 19.1 Å². The van der Waals surface area contributed by atoms with Gasteiger partial charge in [0.2, 0.25) is 0 Å². The fourth-order valence-corrected chi connectivity index (χ4v) is 2.99. The molecule has 0 spiro atoms. The fraction of sp³-hybridized carbons (Fsp3) is 0.867. The Kier molecular flexibility index (Phi) is 5.23. The molecule has 1 heterocycles. The molecule has 0 aromatic heterocycles. The second-order valence-corrected chi connectivity index (χ2v) is 5.82. The number of hydrogen-bond acceptors (Lipinski definition) is 4. The van der Waals surface area contributed by atoms with Crippen LogP contribution < -0.4 is 0 Å². The van der Waals surface area contributed by atoms with Crippen LogP contribution in [-0.4, -0.2) is 24.1 Å². The SMILES string of the molecule is CC1CC(OC(=O)C2CCCC2)CCCCC(=O)O1. The smallest absolute Gasteiger partial charge is 0.309 e. The Bertz CT molecular complexity index is 320. The van der Waals surface area contributed by atoms with Crippen LogP contribution in [0.15, 0.2) is 0 Å². The van der Waals surface area contributed by atoms with E-state index in [4.69, 9.17) is 9.47 Å². The van der Waals surface area contributed by atoms with Gasteiger partial charge in [0.1, 0.15) is 12.2 Å². The first-order valence-corrected chi connectivity index (χ1v) is 7.55. The summed E-state index contributed by atoms with van der Waals surface area (Å²) in [6.07, 6.45) is 7.66. The monoisotopic (exact) mass is 268 g/mol. The third-order valence-electron chi connectivity index (χ3n) is 4.06. The first-order valence-electron chi connectivity index (χ1n) is 7.55. The highest BCUT2D eigenvalue weighted by atomic mass is 16.6. The lowest BCUT2D eigenvalue weighted by Crippen LogP contribution is -2.27. The Morgan fingerprint density at radius 3 is 2.58 bits per heavy atom. The molecule has 0 amide bonds. The highest BCUT2D eigenvalue weighted by Gasteiger charge is 2.28. The van der Waals surface area contributed by atoms with Gasteiger partial charge in [-0.25, -0.2) is 0 Å². The van der Waals surface area contributed by atoms with Crippen LogP contribution in [0.25, 0.3) is 0 Å². The number of carbonyl (C=O) groups excluding carboxylic acids is 2. The Morgan fingerprint density at radius 1 is 1.16 bits per heavy atom. The normalized spacial score (nSPS) is 30.1. The van der Waals surface area contributed by atoms with Gasteiger partial charge in [0.25, 0.3) is 0 Å². The number of rotatable bonds is 2. The minimum Gasteiger partial charge on any atom is -0.463 e. The number of hydrogen-bond donors (Lipinski definition) is 0. The first kappa shape index (κ1) is 14.4. The van der Waals surface area contributed by atoms with E-state index >= 15 is 0 Å². The van der Waals surface area contributed by atoms with Crippen molar-refractivity contribution in [2.75, 3.05) is 0 Å². The summed E-state index contributed by atoms with van der Waals surface area (Å²) in [5.41, 5.74) is 0. The third-order valence-corrected chi connectivity index (χ3v) is 4.06. The zero-order valence-corrected chi connectivity index (χ0v) is 11.7. The van der Waals surface area contributed by atoms with E-state index < -0.39 is 0 Å². The largest absolute Gasteiger partial charge is 0.463 e. The maximum absolute atomic E-state index is 12.0. The molecule has 4 heteroatoms. The Balaban J connectivity index is 1.86. The van der Waals surface area contributed by atoms with Gasteiger partial charge in [-0.05, 0) is 39.0 Å². The minimum atomic E-state index is -0.160. The number of carbonyl (C=O) groups is 2. The maximum Gasteiger partial charge on any atom is 0.309 e. The van der Waals surface area contributed by atoms with Crippen molar-refractivity contribution in [3.63, 3.8) is 0 Å². The van der Waals surface area contributed by atoms with E-state index in [2.05, 4.69) is 0 Å². The Morgan fingerprint density at radius 2 is 1.84 bits per heavy atom. The number of ether oxygens (including phenoxy) is 2. The lowest BCUT2D eigenvalue weighted by molar-refractivity contribution is -0.157. The van der Waals surface area contributed by atoms with Crippen LogP contribution in [0.5, 0.6) is 0 Å². The van der Waals surface area contributed by atoms with Crippen LogP contribution in [0.1, 0.15) is 64.7 Å². The van der Waals surface area contributed by atoms with Crippen LogP contribution in [0.4, 0.5) is 0 Å². The molecule has 2 aliphatic rings. The van der Waals surface area contributed by atoms with E-state index in [1.807, 2.05) is 6.92 Å². The number of cyclic esters (lactones) is 1. The summed E-state index contributed by atoms with van der Waals surface area (Å²) in [6.45, 7) is 1.87. The van der Waals surface area contributed by atoms with E-state index in [0.29, 0.717) is 12.8 Å². The molecule has 2 rings (SSSR count). The van der Waals surface area contributed by atoms with Crippen molar-refractivity contribution in [1.82, 2.24) is 0 Å². The van der Waals surface area contributed by atoms with Gasteiger partial charge in [-0.1, -0.05) is 12.8 Å². The zero-order valence-electron chi connectivity index (χ0n) is 11.7. The predicted octanol–water partition coefficient (Wildman–Crippen LogP) is 2.98. The summed E-state index contributed by atoms with van der Waals surface area (Å²) in [6, 6.07) is 0. The van der Waals surface area contributed by atoms with E-state index in [1.54, 1.807) is 0 Å². The molecule has 0 aromatic carbocycles. The third kappa shape index (κ3) is 4.51. The zero-order chi connectivity index (χ0) is 13.7. The van der Waals surface area contributed by atoms with Gasteiger partial charge in [0, 0.05) is 12.8 Å². The highest BCUT2D eigenvalue weighted by Crippen LogP contribution is 2.27. The molecule has 2 atom stereocenters. The summed E-state index contributed by atoms with van der Waals surface area (Å²) >= 11 is 0. The molecule has 1 aliphatic carbocycles. The molecule has 1 saturated carbocycles. The van der Waals surface area contributed by atoms with Crippen molar-refractivity contribution in [1.29, 1.82) is 0 Å². The molecule has 4 nitrogen and oxygen atoms in total. The van der Waals surface area contributed by atoms with E-state index in [1.165, 1.54) is 0 Å². The summed E-state index contributed by atoms with van der Waals surface area (Å²) < 4.78 is 10.9. The average Bonchev–Trinajstić information content (AvgIpc) is 2.88. The topological polar surface area (TPSA) is 52.6 Å². The molecule has 2 unspecified atom stereocenters. The summed E-state index contributed by atoms with van der Waals surface area (Å²) in [4.78, 5) is 23.4. The lowest BCUT2D eigenvalue weighted by atomic mass is 10.0. The van der Waals surface area contributed by atoms with Gasteiger partial charge < -0.3 is 9.47 Å². The minimum absolute atomic E-state index is 0.0414. The van der Waals surface area contributed by atoms with E-state index in [0.717, 1.165) is 44.9 Å². The Hall–Kier alpha value is -1.06. The standard InChI is InChI=1S/C15H24O4/c1-11-10-13(8-4-5-9-14(16)18-11)19-15(17)12-6-2-3-7-12/h11-13H,2-10H2,1H3. The first-order chi connectivity index (χ1) is 9.15. The lowest BCUT2D eigenvalue weighted by Gasteiger charge is -2.21. The maximum atomic E-state index is 12.0. The van der Waals surface area contributed by atoms with Gasteiger partial charge >= 0.3 is 11.9 Å². The molecule has 0 radical (unpaired) electrons. The fourth-order valence-electron chi connectivity index (χ4n) is 2.99. The van der Waals surface area contributed by atoms with Gasteiger partial charge in [-0.2, -0.15) is 0 Å². The molecule has 2 fully saturated rings. The molecule has 1 aliphatic heterocycles. The molecule has 0 bridgehead atoms. The molecule has 1 saturated heterocycles. The van der Waals surface area contributed by atoms with Gasteiger partial charge in [-0.15, -0.1) is 0 Å².